The summed E-state index contributed by atoms with van der Waals surface area (Å²) in [5.74, 6) is -1.89. The van der Waals surface area contributed by atoms with E-state index in [1.54, 1.807) is 18.2 Å². The third-order valence-corrected chi connectivity index (χ3v) is 5.96. The van der Waals surface area contributed by atoms with Crippen LogP contribution in [0.1, 0.15) is 17.0 Å². The molecule has 0 saturated carbocycles. The predicted octanol–water partition coefficient (Wildman–Crippen LogP) is 8.83. The average Bonchev–Trinajstić information content (AvgIpc) is 2.51. The molecule has 0 aliphatic heterocycles. The van der Waals surface area contributed by atoms with Crippen LogP contribution in [0.5, 0.6) is 0 Å². The number of nitrogens with one attached hydrogen (secondary N) is 1. The molecular weight excluding hydrogens is 482 g/mol. The molecule has 0 amide bonds. The Hall–Kier alpha value is -0.370. The molecule has 0 aliphatic rings. The summed E-state index contributed by atoms with van der Waals surface area (Å²) in [7, 11) is 0. The van der Waals surface area contributed by atoms with E-state index in [1.165, 1.54) is 6.08 Å². The van der Waals surface area contributed by atoms with Gasteiger partial charge in [0.15, 0.2) is 0 Å². The second-order valence-corrected chi connectivity index (χ2v) is 7.66. The molecule has 25 heavy (non-hydrogen) atoms. The zero-order chi connectivity index (χ0) is 18.8. The number of alkyl halides is 3. The van der Waals surface area contributed by atoms with E-state index >= 15 is 0 Å². The van der Waals surface area contributed by atoms with Gasteiger partial charge in [0.25, 0.3) is 0 Å². The molecule has 9 heteroatoms. The zero-order valence-electron chi connectivity index (χ0n) is 12.2. The van der Waals surface area contributed by atoms with Gasteiger partial charge < -0.3 is 5.14 Å². The summed E-state index contributed by atoms with van der Waals surface area (Å²) in [4.78, 5) is 0.667. The van der Waals surface area contributed by atoms with Crippen molar-refractivity contribution in [2.24, 2.45) is 0 Å². The standard InChI is InChI=1S/C16H9BrCl3F3NS/c17-11-5-8(2-4-14(11)25-24)1-3-10(16(21,22)23)9-6-12(18)15(20)13(19)7-9/h1-7,10,24H/q-1. The fraction of sp³-hybridized carbons (Fsp3) is 0.125. The second kappa shape index (κ2) is 8.55. The van der Waals surface area contributed by atoms with Crippen LogP contribution in [-0.4, -0.2) is 6.18 Å². The van der Waals surface area contributed by atoms with Crippen molar-refractivity contribution >= 4 is 68.8 Å². The molecule has 2 aromatic rings. The predicted molar refractivity (Wildman–Crippen MR) is 104 cm³/mol. The number of hydrogen-bond acceptors (Lipinski definition) is 1. The molecule has 134 valence electrons. The number of rotatable bonds is 4. The van der Waals surface area contributed by atoms with E-state index in [4.69, 9.17) is 39.9 Å². The van der Waals surface area contributed by atoms with E-state index < -0.39 is 12.1 Å². The Kier molecular flexibility index (Phi) is 7.16. The van der Waals surface area contributed by atoms with E-state index in [1.807, 2.05) is 0 Å². The molecule has 1 N–H and O–H groups in total. The smallest absolute Gasteiger partial charge is 0.399 e. The highest BCUT2D eigenvalue weighted by Gasteiger charge is 2.39. The summed E-state index contributed by atoms with van der Waals surface area (Å²) in [5.41, 5.74) is 0.464. The zero-order valence-corrected chi connectivity index (χ0v) is 16.8. The second-order valence-electron chi connectivity index (χ2n) is 4.97. The molecule has 0 aromatic heterocycles. The number of allylic oxidation sites excluding steroid dienone is 1. The van der Waals surface area contributed by atoms with Crippen molar-refractivity contribution in [3.8, 4) is 0 Å². The maximum atomic E-state index is 13.5. The molecule has 0 radical (unpaired) electrons. The van der Waals surface area contributed by atoms with Gasteiger partial charge in [0.1, 0.15) is 0 Å². The molecule has 2 aromatic carbocycles. The van der Waals surface area contributed by atoms with Gasteiger partial charge in [-0.15, -0.1) is 0 Å². The van der Waals surface area contributed by atoms with Crippen molar-refractivity contribution in [3.05, 3.63) is 72.2 Å². The van der Waals surface area contributed by atoms with Crippen LogP contribution in [0.15, 0.2) is 45.8 Å². The maximum absolute atomic E-state index is 13.5. The van der Waals surface area contributed by atoms with Gasteiger partial charge in [-0.05, 0) is 51.3 Å². The summed E-state index contributed by atoms with van der Waals surface area (Å²) in [6, 6.07) is 7.25. The highest BCUT2D eigenvalue weighted by molar-refractivity contribution is 9.10. The Morgan fingerprint density at radius 2 is 1.68 bits per heavy atom. The molecule has 0 spiro atoms. The quantitative estimate of drug-likeness (QED) is 0.310. The minimum absolute atomic E-state index is 0.0180. The fourth-order valence-corrected chi connectivity index (χ4v) is 3.62. The van der Waals surface area contributed by atoms with Gasteiger partial charge in [-0.2, -0.15) is 13.2 Å². The van der Waals surface area contributed by atoms with Gasteiger partial charge in [-0.3, -0.25) is 11.9 Å². The normalized spacial score (nSPS) is 13.4. The Bertz CT molecular complexity index is 789. The topological polar surface area (TPSA) is 23.8 Å². The van der Waals surface area contributed by atoms with Crippen molar-refractivity contribution < 1.29 is 13.2 Å². The van der Waals surface area contributed by atoms with E-state index in [9.17, 15) is 13.2 Å². The van der Waals surface area contributed by atoms with Crippen LogP contribution >= 0.6 is 62.7 Å². The molecule has 0 bridgehead atoms. The van der Waals surface area contributed by atoms with Gasteiger partial charge in [0.05, 0.1) is 21.0 Å². The summed E-state index contributed by atoms with van der Waals surface area (Å²) >= 11 is 21.6. The van der Waals surface area contributed by atoms with Crippen LogP contribution in [0.3, 0.4) is 0 Å². The van der Waals surface area contributed by atoms with Crippen LogP contribution in [0, 0.1) is 0 Å². The molecule has 2 rings (SSSR count). The van der Waals surface area contributed by atoms with E-state index in [2.05, 4.69) is 15.9 Å². The van der Waals surface area contributed by atoms with Crippen molar-refractivity contribution in [3.63, 3.8) is 0 Å². The Labute approximate surface area is 170 Å². The van der Waals surface area contributed by atoms with E-state index in [-0.39, 0.29) is 20.6 Å². The van der Waals surface area contributed by atoms with Crippen molar-refractivity contribution in [2.45, 2.75) is 17.0 Å². The monoisotopic (exact) mass is 488 g/mol. The van der Waals surface area contributed by atoms with Crippen LogP contribution < -0.4 is 0 Å². The summed E-state index contributed by atoms with van der Waals surface area (Å²) in [5, 5.41) is 7.21. The third-order valence-electron chi connectivity index (χ3n) is 3.26. The molecule has 0 fully saturated rings. The van der Waals surface area contributed by atoms with Crippen LogP contribution in [0.2, 0.25) is 15.1 Å². The molecule has 1 unspecified atom stereocenters. The Balaban J connectivity index is 2.41. The lowest BCUT2D eigenvalue weighted by atomic mass is 9.97. The van der Waals surface area contributed by atoms with Gasteiger partial charge in [-0.1, -0.05) is 53.0 Å². The summed E-state index contributed by atoms with van der Waals surface area (Å²) in [6.07, 6.45) is -2.13. The highest BCUT2D eigenvalue weighted by Crippen LogP contribution is 2.41. The van der Waals surface area contributed by atoms with Crippen LogP contribution in [0.25, 0.3) is 11.2 Å². The summed E-state index contributed by atoms with van der Waals surface area (Å²) < 4.78 is 41.0. The highest BCUT2D eigenvalue weighted by atomic mass is 79.9. The average molecular weight is 491 g/mol. The molecule has 0 aliphatic carbocycles. The lowest BCUT2D eigenvalue weighted by molar-refractivity contribution is -0.139. The number of hydrogen-bond donors (Lipinski definition) is 0. The number of halogens is 7. The largest absolute Gasteiger partial charge is 0.617 e. The SMILES string of the molecule is [NH-]Sc1ccc(C=CC(c2cc(Cl)c(Cl)c(Cl)c2)C(F)(F)F)cc1Br. The molecule has 1 nitrogen and oxygen atoms in total. The minimum Gasteiger partial charge on any atom is -0.617 e. The fourth-order valence-electron chi connectivity index (χ4n) is 2.07. The first-order chi connectivity index (χ1) is 11.6. The Morgan fingerprint density at radius 3 is 2.16 bits per heavy atom. The van der Waals surface area contributed by atoms with Crippen LogP contribution in [0.4, 0.5) is 13.2 Å². The lowest BCUT2D eigenvalue weighted by Gasteiger charge is -2.18. The van der Waals surface area contributed by atoms with E-state index in [0.29, 0.717) is 14.9 Å². The lowest BCUT2D eigenvalue weighted by Crippen LogP contribution is -2.19. The maximum Gasteiger partial charge on any atom is 0.399 e. The Morgan fingerprint density at radius 1 is 1.08 bits per heavy atom. The van der Waals surface area contributed by atoms with E-state index in [0.717, 1.165) is 30.2 Å². The molecular formula is C16H9BrCl3F3NS-. The number of benzene rings is 2. The first kappa shape index (κ1) is 20.9. The van der Waals surface area contributed by atoms with Crippen molar-refractivity contribution in [1.29, 1.82) is 0 Å². The summed E-state index contributed by atoms with van der Waals surface area (Å²) in [6.45, 7) is 0. The van der Waals surface area contributed by atoms with Gasteiger partial charge >= 0.3 is 6.18 Å². The van der Waals surface area contributed by atoms with Crippen LogP contribution in [-0.2, 0) is 0 Å². The molecule has 1 atom stereocenters. The van der Waals surface area contributed by atoms with Crippen molar-refractivity contribution in [2.75, 3.05) is 0 Å². The minimum atomic E-state index is -4.52. The van der Waals surface area contributed by atoms with Gasteiger partial charge in [0, 0.05) is 9.37 Å². The molecule has 0 heterocycles. The first-order valence-electron chi connectivity index (χ1n) is 6.66. The molecule has 0 saturated heterocycles. The first-order valence-corrected chi connectivity index (χ1v) is 9.40. The van der Waals surface area contributed by atoms with Crippen molar-refractivity contribution in [1.82, 2.24) is 0 Å². The van der Waals surface area contributed by atoms with Gasteiger partial charge in [0.2, 0.25) is 0 Å². The van der Waals surface area contributed by atoms with Gasteiger partial charge in [-0.25, -0.2) is 0 Å². The third kappa shape index (κ3) is 5.31.